The molecule has 0 aromatic carbocycles. The summed E-state index contributed by atoms with van der Waals surface area (Å²) in [5.41, 5.74) is -0.217. The average molecular weight is 366 g/mol. The molecule has 0 spiro atoms. The van der Waals surface area contributed by atoms with Crippen LogP contribution in [0.1, 0.15) is 66.3 Å². The van der Waals surface area contributed by atoms with Crippen molar-refractivity contribution >= 4 is 23.6 Å². The van der Waals surface area contributed by atoms with E-state index in [0.717, 1.165) is 30.1 Å². The van der Waals surface area contributed by atoms with E-state index in [1.54, 1.807) is 0 Å². The summed E-state index contributed by atoms with van der Waals surface area (Å²) in [5.74, 6) is 1.85. The van der Waals surface area contributed by atoms with Crippen LogP contribution in [0.3, 0.4) is 0 Å². The van der Waals surface area contributed by atoms with Crippen molar-refractivity contribution in [2.45, 2.75) is 82.3 Å². The molecule has 2 heterocycles. The zero-order valence-corrected chi connectivity index (χ0v) is 16.9. The predicted molar refractivity (Wildman–Crippen MR) is 102 cm³/mol. The van der Waals surface area contributed by atoms with Gasteiger partial charge in [-0.3, -0.25) is 9.36 Å². The standard InChI is InChI=1S/C18H31N5OS/c1-12-8-10-22(11-9-12)16-20-21-17(23(16)14-6-7-14)25-13(2)15(24)19-18(3,4)5/h12-14H,6-11H2,1-5H3,(H,19,24). The quantitative estimate of drug-likeness (QED) is 0.812. The topological polar surface area (TPSA) is 63.1 Å². The minimum absolute atomic E-state index is 0.0520. The van der Waals surface area contributed by atoms with E-state index in [0.29, 0.717) is 6.04 Å². The Morgan fingerprint density at radius 2 is 1.84 bits per heavy atom. The lowest BCUT2D eigenvalue weighted by Gasteiger charge is -2.31. The summed E-state index contributed by atoms with van der Waals surface area (Å²) in [6.07, 6.45) is 4.80. The van der Waals surface area contributed by atoms with Gasteiger partial charge in [-0.05, 0) is 59.3 Å². The summed E-state index contributed by atoms with van der Waals surface area (Å²) in [6.45, 7) is 12.4. The third-order valence-electron chi connectivity index (χ3n) is 4.77. The van der Waals surface area contributed by atoms with Gasteiger partial charge in [-0.25, -0.2) is 0 Å². The summed E-state index contributed by atoms with van der Waals surface area (Å²) in [7, 11) is 0. The zero-order valence-electron chi connectivity index (χ0n) is 16.1. The normalized spacial score (nSPS) is 20.6. The van der Waals surface area contributed by atoms with Crippen LogP contribution in [0.2, 0.25) is 0 Å². The van der Waals surface area contributed by atoms with Crippen LogP contribution in [0.4, 0.5) is 5.95 Å². The smallest absolute Gasteiger partial charge is 0.233 e. The fourth-order valence-electron chi connectivity index (χ4n) is 3.11. The molecular formula is C18H31N5OS. The van der Waals surface area contributed by atoms with Crippen molar-refractivity contribution in [3.05, 3.63) is 0 Å². The van der Waals surface area contributed by atoms with E-state index in [2.05, 4.69) is 31.9 Å². The van der Waals surface area contributed by atoms with Gasteiger partial charge < -0.3 is 10.2 Å². The first-order valence-electron chi connectivity index (χ1n) is 9.43. The number of aromatic nitrogens is 3. The van der Waals surface area contributed by atoms with E-state index >= 15 is 0 Å². The first-order valence-corrected chi connectivity index (χ1v) is 10.3. The number of amides is 1. The molecule has 1 aliphatic carbocycles. The average Bonchev–Trinajstić information content (AvgIpc) is 3.27. The van der Waals surface area contributed by atoms with Crippen LogP contribution in [0.5, 0.6) is 0 Å². The Balaban J connectivity index is 1.73. The van der Waals surface area contributed by atoms with Gasteiger partial charge in [0.2, 0.25) is 11.9 Å². The molecule has 25 heavy (non-hydrogen) atoms. The number of thioether (sulfide) groups is 1. The molecule has 2 fully saturated rings. The molecule has 1 aromatic heterocycles. The molecule has 1 amide bonds. The van der Waals surface area contributed by atoms with Crippen molar-refractivity contribution < 1.29 is 4.79 Å². The van der Waals surface area contributed by atoms with Crippen LogP contribution in [0.15, 0.2) is 5.16 Å². The number of nitrogens with one attached hydrogen (secondary N) is 1. The van der Waals surface area contributed by atoms with Crippen molar-refractivity contribution in [3.63, 3.8) is 0 Å². The number of carbonyl (C=O) groups is 1. The van der Waals surface area contributed by atoms with Gasteiger partial charge in [0.15, 0.2) is 5.16 Å². The highest BCUT2D eigenvalue weighted by atomic mass is 32.2. The minimum Gasteiger partial charge on any atom is -0.351 e. The third kappa shape index (κ3) is 4.68. The summed E-state index contributed by atoms with van der Waals surface area (Å²) >= 11 is 1.52. The first-order chi connectivity index (χ1) is 11.7. The Morgan fingerprint density at radius 3 is 2.40 bits per heavy atom. The largest absolute Gasteiger partial charge is 0.351 e. The van der Waals surface area contributed by atoms with Gasteiger partial charge in [-0.15, -0.1) is 10.2 Å². The lowest BCUT2D eigenvalue weighted by atomic mass is 10.00. The zero-order chi connectivity index (χ0) is 18.2. The molecule has 140 valence electrons. The number of carbonyl (C=O) groups excluding carboxylic acids is 1. The van der Waals surface area contributed by atoms with E-state index in [-0.39, 0.29) is 16.7 Å². The van der Waals surface area contributed by atoms with Gasteiger partial charge in [0.1, 0.15) is 0 Å². The monoisotopic (exact) mass is 365 g/mol. The molecule has 1 saturated carbocycles. The number of hydrogen-bond donors (Lipinski definition) is 1. The number of piperidine rings is 1. The molecule has 6 nitrogen and oxygen atoms in total. The van der Waals surface area contributed by atoms with Crippen LogP contribution in [0, 0.1) is 5.92 Å². The molecule has 1 saturated heterocycles. The van der Waals surface area contributed by atoms with Crippen molar-refractivity contribution in [2.75, 3.05) is 18.0 Å². The maximum absolute atomic E-state index is 12.4. The fraction of sp³-hybridized carbons (Fsp3) is 0.833. The van der Waals surface area contributed by atoms with Crippen LogP contribution >= 0.6 is 11.8 Å². The molecule has 2 aliphatic rings. The van der Waals surface area contributed by atoms with E-state index in [9.17, 15) is 4.79 Å². The fourth-order valence-corrected chi connectivity index (χ4v) is 4.02. The van der Waals surface area contributed by atoms with Gasteiger partial charge in [0, 0.05) is 24.7 Å². The number of nitrogens with zero attached hydrogens (tertiary/aromatic N) is 4. The Morgan fingerprint density at radius 1 is 1.20 bits per heavy atom. The Kier molecular flexibility index (Phi) is 5.32. The molecule has 3 rings (SSSR count). The highest BCUT2D eigenvalue weighted by molar-refractivity contribution is 8.00. The van der Waals surface area contributed by atoms with E-state index in [1.807, 2.05) is 27.7 Å². The Hall–Kier alpha value is -1.24. The first kappa shape index (κ1) is 18.5. The summed E-state index contributed by atoms with van der Waals surface area (Å²) in [5, 5.41) is 12.7. The molecule has 1 N–H and O–H groups in total. The van der Waals surface area contributed by atoms with Gasteiger partial charge >= 0.3 is 0 Å². The van der Waals surface area contributed by atoms with Crippen LogP contribution in [0.25, 0.3) is 0 Å². The van der Waals surface area contributed by atoms with Crippen LogP contribution < -0.4 is 10.2 Å². The molecule has 1 aliphatic heterocycles. The molecular weight excluding hydrogens is 334 g/mol. The molecule has 1 atom stereocenters. The number of hydrogen-bond acceptors (Lipinski definition) is 5. The van der Waals surface area contributed by atoms with Gasteiger partial charge in [-0.2, -0.15) is 0 Å². The second-order valence-corrected chi connectivity index (χ2v) is 9.86. The lowest BCUT2D eigenvalue weighted by Crippen LogP contribution is -2.44. The maximum Gasteiger partial charge on any atom is 0.233 e. The lowest BCUT2D eigenvalue weighted by molar-refractivity contribution is -0.121. The summed E-state index contributed by atoms with van der Waals surface area (Å²) in [6, 6.07) is 0.504. The van der Waals surface area contributed by atoms with Crippen LogP contribution in [-0.4, -0.2) is 44.6 Å². The Bertz CT molecular complexity index is 611. The van der Waals surface area contributed by atoms with E-state index in [4.69, 9.17) is 0 Å². The second kappa shape index (κ2) is 7.17. The highest BCUT2D eigenvalue weighted by Gasteiger charge is 2.33. The third-order valence-corrected chi connectivity index (χ3v) is 5.83. The highest BCUT2D eigenvalue weighted by Crippen LogP contribution is 2.42. The van der Waals surface area contributed by atoms with Crippen molar-refractivity contribution in [3.8, 4) is 0 Å². The predicted octanol–water partition coefficient (Wildman–Crippen LogP) is 3.24. The van der Waals surface area contributed by atoms with E-state index in [1.165, 1.54) is 37.4 Å². The number of rotatable bonds is 5. The van der Waals surface area contributed by atoms with Gasteiger partial charge in [0.25, 0.3) is 0 Å². The molecule has 0 radical (unpaired) electrons. The second-order valence-electron chi connectivity index (χ2n) is 8.55. The summed E-state index contributed by atoms with van der Waals surface area (Å²) in [4.78, 5) is 14.8. The molecule has 1 aromatic rings. The summed E-state index contributed by atoms with van der Waals surface area (Å²) < 4.78 is 2.28. The Labute approximate surface area is 155 Å². The minimum atomic E-state index is -0.217. The van der Waals surface area contributed by atoms with Gasteiger partial charge in [-0.1, -0.05) is 18.7 Å². The van der Waals surface area contributed by atoms with Crippen molar-refractivity contribution in [1.82, 2.24) is 20.1 Å². The molecule has 0 bridgehead atoms. The van der Waals surface area contributed by atoms with Crippen molar-refractivity contribution in [1.29, 1.82) is 0 Å². The number of anilines is 1. The maximum atomic E-state index is 12.4. The SMILES string of the molecule is CC1CCN(c2nnc(SC(C)C(=O)NC(C)(C)C)n2C2CC2)CC1. The van der Waals surface area contributed by atoms with E-state index < -0.39 is 0 Å². The van der Waals surface area contributed by atoms with Crippen molar-refractivity contribution in [2.24, 2.45) is 5.92 Å². The molecule has 7 heteroatoms. The molecule has 1 unspecified atom stereocenters. The van der Waals surface area contributed by atoms with Gasteiger partial charge in [0.05, 0.1) is 5.25 Å². The van der Waals surface area contributed by atoms with Crippen LogP contribution in [-0.2, 0) is 4.79 Å².